The molecule has 0 atom stereocenters. The van der Waals surface area contributed by atoms with Crippen molar-refractivity contribution < 1.29 is 0 Å². The van der Waals surface area contributed by atoms with Crippen molar-refractivity contribution in [3.8, 4) is 11.3 Å². The monoisotopic (exact) mass is 335 g/mol. The zero-order chi connectivity index (χ0) is 16.0. The number of aromatic nitrogens is 3. The Morgan fingerprint density at radius 2 is 1.41 bits per heavy atom. The summed E-state index contributed by atoms with van der Waals surface area (Å²) in [5.41, 5.74) is 2.91. The Morgan fingerprint density at radius 1 is 0.818 bits per heavy atom. The molecule has 0 fully saturated rings. The zero-order valence-corrected chi connectivity index (χ0v) is 12.9. The summed E-state index contributed by atoms with van der Waals surface area (Å²) < 4.78 is 0.371. The van der Waals surface area contributed by atoms with Crippen molar-refractivity contribution in [1.82, 2.24) is 15.0 Å². The minimum absolute atomic E-state index is 0.157. The molecule has 0 N–H and O–H groups in total. The highest BCUT2D eigenvalue weighted by atomic mass is 79.9. The Labute approximate surface area is 142 Å². The quantitative estimate of drug-likeness (QED) is 0.362. The second-order valence-corrected chi connectivity index (χ2v) is 5.37. The normalized spacial score (nSPS) is 11.0. The molecule has 3 rings (SSSR count). The summed E-state index contributed by atoms with van der Waals surface area (Å²) in [5.74, 6) is 0. The zero-order valence-electron chi connectivity index (χ0n) is 11.3. The van der Waals surface area contributed by atoms with Crippen LogP contribution < -0.4 is 27.3 Å². The molecule has 1 aromatic carbocycles. The summed E-state index contributed by atoms with van der Waals surface area (Å²) in [5, 5.41) is 0. The van der Waals surface area contributed by atoms with Crippen molar-refractivity contribution >= 4 is 93.5 Å². The van der Waals surface area contributed by atoms with E-state index >= 15 is 0 Å². The van der Waals surface area contributed by atoms with Crippen LogP contribution in [0.1, 0.15) is 0 Å². The Morgan fingerprint density at radius 3 is 2.05 bits per heavy atom. The molecular formula is C13H3B5BrN3. The number of benzene rings is 1. The molecule has 0 unspecified atom stereocenters. The van der Waals surface area contributed by atoms with E-state index in [1.807, 2.05) is 0 Å². The maximum atomic E-state index is 6.08. The molecule has 0 bridgehead atoms. The van der Waals surface area contributed by atoms with Gasteiger partial charge in [-0.2, -0.15) is 0 Å². The van der Waals surface area contributed by atoms with Gasteiger partial charge in [0, 0.05) is 6.20 Å². The number of pyridine rings is 1. The average molecular weight is 335 g/mol. The second kappa shape index (κ2) is 5.62. The van der Waals surface area contributed by atoms with Gasteiger partial charge in [0.1, 0.15) is 44.7 Å². The van der Waals surface area contributed by atoms with Crippen LogP contribution >= 0.6 is 15.9 Å². The average Bonchev–Trinajstić information content (AvgIpc) is 2.51. The van der Waals surface area contributed by atoms with Crippen LogP contribution in [0.4, 0.5) is 0 Å². The van der Waals surface area contributed by atoms with Crippen LogP contribution in [0.25, 0.3) is 22.3 Å². The van der Waals surface area contributed by atoms with Gasteiger partial charge in [-0.3, -0.25) is 4.98 Å². The molecule has 3 aromatic rings. The standard InChI is InChI=1S/C13H3B5BrN3/c14-6-5(7(15)9(17)10(18)8(6)16)12-11-4(2-1-3-20-11)21-13(19)22-12/h1-3H. The number of nitrogens with zero attached hydrogens (tertiary/aromatic N) is 3. The minimum atomic E-state index is 0.157. The van der Waals surface area contributed by atoms with Crippen LogP contribution in [-0.4, -0.2) is 54.2 Å². The third-order valence-electron chi connectivity index (χ3n) is 3.36. The molecule has 92 valence electrons. The summed E-state index contributed by atoms with van der Waals surface area (Å²) in [6.07, 6.45) is 1.62. The summed E-state index contributed by atoms with van der Waals surface area (Å²) in [6, 6.07) is 3.57. The molecule has 0 saturated heterocycles. The fraction of sp³-hybridized carbons (Fsp3) is 0. The highest BCUT2D eigenvalue weighted by molar-refractivity contribution is 9.10. The van der Waals surface area contributed by atoms with E-state index in [1.54, 1.807) is 18.3 Å². The van der Waals surface area contributed by atoms with Crippen LogP contribution in [0.3, 0.4) is 0 Å². The minimum Gasteiger partial charge on any atom is -0.252 e. The van der Waals surface area contributed by atoms with Gasteiger partial charge < -0.3 is 0 Å². The third-order valence-corrected chi connectivity index (χ3v) is 3.72. The van der Waals surface area contributed by atoms with E-state index in [0.29, 0.717) is 27.0 Å². The van der Waals surface area contributed by atoms with Crippen LogP contribution in [0.15, 0.2) is 23.1 Å². The summed E-state index contributed by atoms with van der Waals surface area (Å²) >= 11 is 3.26. The lowest BCUT2D eigenvalue weighted by atomic mass is 9.60. The van der Waals surface area contributed by atoms with Crippen molar-refractivity contribution in [1.29, 1.82) is 0 Å². The van der Waals surface area contributed by atoms with Gasteiger partial charge in [-0.1, -0.05) is 10.9 Å². The van der Waals surface area contributed by atoms with Crippen LogP contribution in [0, 0.1) is 0 Å². The fourth-order valence-electron chi connectivity index (χ4n) is 2.22. The van der Waals surface area contributed by atoms with E-state index in [1.165, 1.54) is 0 Å². The van der Waals surface area contributed by atoms with Gasteiger partial charge >= 0.3 is 0 Å². The van der Waals surface area contributed by atoms with E-state index in [2.05, 4.69) is 30.9 Å². The lowest BCUT2D eigenvalue weighted by Gasteiger charge is -2.21. The van der Waals surface area contributed by atoms with Crippen molar-refractivity contribution in [3.63, 3.8) is 0 Å². The van der Waals surface area contributed by atoms with Crippen molar-refractivity contribution in [2.75, 3.05) is 0 Å². The Hall–Kier alpha value is -1.49. The summed E-state index contributed by atoms with van der Waals surface area (Å²) in [4.78, 5) is 12.9. The van der Waals surface area contributed by atoms with Gasteiger partial charge in [0.05, 0.1) is 11.2 Å². The Bertz CT molecular complexity index is 887. The number of hydrogen-bond acceptors (Lipinski definition) is 3. The molecule has 10 radical (unpaired) electrons. The van der Waals surface area contributed by atoms with Gasteiger partial charge in [-0.05, 0) is 33.6 Å². The second-order valence-electron chi connectivity index (χ2n) is 4.66. The molecule has 22 heavy (non-hydrogen) atoms. The number of rotatable bonds is 1. The molecule has 0 aliphatic heterocycles. The van der Waals surface area contributed by atoms with Crippen molar-refractivity contribution in [3.05, 3.63) is 23.1 Å². The lowest BCUT2D eigenvalue weighted by Crippen LogP contribution is -2.55. The van der Waals surface area contributed by atoms with E-state index in [4.69, 9.17) is 39.2 Å². The topological polar surface area (TPSA) is 38.7 Å². The number of fused-ring (bicyclic) bond motifs is 1. The molecule has 3 nitrogen and oxygen atoms in total. The fourth-order valence-corrected chi connectivity index (χ4v) is 2.59. The lowest BCUT2D eigenvalue weighted by molar-refractivity contribution is 1.15. The SMILES string of the molecule is [B]c1c([B])c([B])c(-c2nc(Br)nc3cccnc23)c([B])c1[B]. The molecule has 9 heteroatoms. The molecule has 0 amide bonds. The van der Waals surface area contributed by atoms with Crippen LogP contribution in [-0.2, 0) is 0 Å². The summed E-state index contributed by atoms with van der Waals surface area (Å²) in [6.45, 7) is 0. The first-order valence-electron chi connectivity index (χ1n) is 6.21. The van der Waals surface area contributed by atoms with E-state index in [-0.39, 0.29) is 27.3 Å². The number of hydrogen-bond donors (Lipinski definition) is 0. The van der Waals surface area contributed by atoms with E-state index in [0.717, 1.165) is 0 Å². The smallest absolute Gasteiger partial charge is 0.197 e. The molecular weight excluding hydrogens is 332 g/mol. The Balaban J connectivity index is 2.48. The number of halogens is 1. The molecule has 2 aromatic heterocycles. The first-order chi connectivity index (χ1) is 10.4. The Kier molecular flexibility index (Phi) is 3.93. The summed E-state index contributed by atoms with van der Waals surface area (Å²) in [7, 11) is 29.8. The molecule has 2 heterocycles. The van der Waals surface area contributed by atoms with Crippen LogP contribution in [0.5, 0.6) is 0 Å². The molecule has 0 aliphatic carbocycles. The predicted molar refractivity (Wildman–Crippen MR) is 97.4 cm³/mol. The van der Waals surface area contributed by atoms with Gasteiger partial charge in [0.15, 0.2) is 4.73 Å². The maximum Gasteiger partial charge on any atom is 0.197 e. The third kappa shape index (κ3) is 2.32. The highest BCUT2D eigenvalue weighted by Crippen LogP contribution is 2.22. The largest absolute Gasteiger partial charge is 0.252 e. The van der Waals surface area contributed by atoms with Gasteiger partial charge in [0.25, 0.3) is 0 Å². The predicted octanol–water partition coefficient (Wildman–Crippen LogP) is -2.58. The highest BCUT2D eigenvalue weighted by Gasteiger charge is 2.17. The van der Waals surface area contributed by atoms with E-state index < -0.39 is 0 Å². The first kappa shape index (κ1) is 15.4. The van der Waals surface area contributed by atoms with Crippen molar-refractivity contribution in [2.45, 2.75) is 0 Å². The van der Waals surface area contributed by atoms with Crippen LogP contribution in [0.2, 0.25) is 0 Å². The van der Waals surface area contributed by atoms with Gasteiger partial charge in [-0.15, -0.1) is 16.4 Å². The molecule has 0 spiro atoms. The first-order valence-corrected chi connectivity index (χ1v) is 7.01. The van der Waals surface area contributed by atoms with E-state index in [9.17, 15) is 0 Å². The molecule has 0 aliphatic rings. The van der Waals surface area contributed by atoms with Gasteiger partial charge in [0.2, 0.25) is 0 Å². The van der Waals surface area contributed by atoms with Crippen molar-refractivity contribution in [2.24, 2.45) is 0 Å². The van der Waals surface area contributed by atoms with Gasteiger partial charge in [-0.25, -0.2) is 9.97 Å². The molecule has 0 saturated carbocycles. The maximum absolute atomic E-state index is 6.08.